The number of rotatable bonds is 4. The summed E-state index contributed by atoms with van der Waals surface area (Å²) < 4.78 is 1.60. The van der Waals surface area contributed by atoms with Crippen molar-refractivity contribution in [3.63, 3.8) is 0 Å². The molecule has 0 unspecified atom stereocenters. The van der Waals surface area contributed by atoms with Gasteiger partial charge in [0.2, 0.25) is 0 Å². The van der Waals surface area contributed by atoms with Gasteiger partial charge in [-0.2, -0.15) is 9.61 Å². The number of hydrogen-bond donors (Lipinski definition) is 2. The Kier molecular flexibility index (Phi) is 5.15. The zero-order valence-corrected chi connectivity index (χ0v) is 16.8. The molecule has 6 nitrogen and oxygen atoms in total. The molecular formula is C21H23ClN6. The number of nitrogens with two attached hydrogens (primary N) is 1. The molecule has 0 saturated heterocycles. The van der Waals surface area contributed by atoms with Crippen LogP contribution in [-0.2, 0) is 0 Å². The van der Waals surface area contributed by atoms with E-state index in [1.807, 2.05) is 12.3 Å². The number of nitrogens with zero attached hydrogens (tertiary/aromatic N) is 4. The molecule has 3 N–H and O–H groups in total. The van der Waals surface area contributed by atoms with Crippen molar-refractivity contribution < 1.29 is 0 Å². The molecule has 0 amide bonds. The molecule has 4 rings (SSSR count). The third-order valence-electron chi connectivity index (χ3n) is 4.93. The van der Waals surface area contributed by atoms with Crippen LogP contribution in [0.4, 0.5) is 5.82 Å². The monoisotopic (exact) mass is 394 g/mol. The third kappa shape index (κ3) is 3.30. The maximum Gasteiger partial charge on any atom is 0.165 e. The second-order valence-corrected chi connectivity index (χ2v) is 7.25. The zero-order valence-electron chi connectivity index (χ0n) is 16.0. The van der Waals surface area contributed by atoms with Gasteiger partial charge in [-0.15, -0.1) is 0 Å². The number of aryl methyl sites for hydroxylation is 1. The minimum Gasteiger partial charge on any atom is -0.382 e. The highest BCUT2D eigenvalue weighted by Crippen LogP contribution is 2.34. The molecule has 28 heavy (non-hydrogen) atoms. The van der Waals surface area contributed by atoms with E-state index in [4.69, 9.17) is 22.3 Å². The van der Waals surface area contributed by atoms with Crippen LogP contribution in [0.2, 0.25) is 5.02 Å². The van der Waals surface area contributed by atoms with Crippen LogP contribution in [0.25, 0.3) is 28.4 Å². The summed E-state index contributed by atoms with van der Waals surface area (Å²) in [7, 11) is 0. The fraction of sp³-hybridized carbons (Fsp3) is 0.286. The van der Waals surface area contributed by atoms with E-state index < -0.39 is 0 Å². The molecule has 1 aliphatic heterocycles. The summed E-state index contributed by atoms with van der Waals surface area (Å²) in [6.07, 6.45) is 11.7. The Labute approximate surface area is 169 Å². The van der Waals surface area contributed by atoms with Gasteiger partial charge in [-0.05, 0) is 49.6 Å². The van der Waals surface area contributed by atoms with Crippen molar-refractivity contribution in [3.05, 3.63) is 52.6 Å². The van der Waals surface area contributed by atoms with Crippen LogP contribution < -0.4 is 11.1 Å². The van der Waals surface area contributed by atoms with Crippen molar-refractivity contribution >= 4 is 34.7 Å². The highest BCUT2D eigenvalue weighted by molar-refractivity contribution is 6.34. The Bertz CT molecular complexity index is 1100. The van der Waals surface area contributed by atoms with Gasteiger partial charge in [-0.3, -0.25) is 4.98 Å². The number of hydrogen-bond acceptors (Lipinski definition) is 5. The normalized spacial score (nSPS) is 14.8. The maximum absolute atomic E-state index is 6.53. The molecule has 0 atom stereocenters. The number of halogens is 1. The molecular weight excluding hydrogens is 372 g/mol. The summed E-state index contributed by atoms with van der Waals surface area (Å²) in [5, 5.41) is 8.17. The fourth-order valence-electron chi connectivity index (χ4n) is 3.39. The fourth-order valence-corrected chi connectivity index (χ4v) is 3.63. The lowest BCUT2D eigenvalue weighted by atomic mass is 10.0. The average Bonchev–Trinajstić information content (AvgIpc) is 3.14. The first-order valence-electron chi connectivity index (χ1n) is 9.46. The minimum absolute atomic E-state index is 0.402. The molecule has 0 radical (unpaired) electrons. The topological polar surface area (TPSA) is 81.1 Å². The highest BCUT2D eigenvalue weighted by atomic mass is 35.5. The van der Waals surface area contributed by atoms with Gasteiger partial charge >= 0.3 is 0 Å². The van der Waals surface area contributed by atoms with Crippen LogP contribution in [0.15, 0.2) is 30.6 Å². The van der Waals surface area contributed by atoms with E-state index in [1.165, 1.54) is 0 Å². The van der Waals surface area contributed by atoms with Crippen LogP contribution in [0.5, 0.6) is 0 Å². The quantitative estimate of drug-likeness (QED) is 0.695. The molecule has 0 bridgehead atoms. The predicted molar refractivity (Wildman–Crippen MR) is 115 cm³/mol. The summed E-state index contributed by atoms with van der Waals surface area (Å²) in [6, 6.07) is 2.11. The van der Waals surface area contributed by atoms with Gasteiger partial charge in [-0.1, -0.05) is 30.7 Å². The van der Waals surface area contributed by atoms with E-state index in [0.29, 0.717) is 16.5 Å². The molecule has 0 spiro atoms. The third-order valence-corrected chi connectivity index (χ3v) is 5.30. The Morgan fingerprint density at radius 1 is 1.36 bits per heavy atom. The molecule has 3 aromatic rings. The lowest BCUT2D eigenvalue weighted by molar-refractivity contribution is 0.736. The molecule has 0 saturated carbocycles. The van der Waals surface area contributed by atoms with E-state index in [0.717, 1.165) is 59.6 Å². The minimum atomic E-state index is 0.402. The first kappa shape index (κ1) is 18.7. The van der Waals surface area contributed by atoms with Gasteiger partial charge in [0.1, 0.15) is 10.8 Å². The van der Waals surface area contributed by atoms with Crippen molar-refractivity contribution in [2.24, 2.45) is 0 Å². The SMILES string of the molecule is CCC=Cc1ncc(-c2cnn3c(N)c(Cl)c(C4=CCNCC4)nc23)cc1C. The highest BCUT2D eigenvalue weighted by Gasteiger charge is 2.20. The average molecular weight is 395 g/mol. The van der Waals surface area contributed by atoms with E-state index in [2.05, 4.69) is 47.5 Å². The second-order valence-electron chi connectivity index (χ2n) is 6.87. The van der Waals surface area contributed by atoms with Crippen LogP contribution in [0.1, 0.15) is 36.7 Å². The van der Waals surface area contributed by atoms with Crippen molar-refractivity contribution in [2.45, 2.75) is 26.7 Å². The van der Waals surface area contributed by atoms with Gasteiger partial charge in [0.25, 0.3) is 0 Å². The molecule has 0 aromatic carbocycles. The maximum atomic E-state index is 6.53. The summed E-state index contributed by atoms with van der Waals surface area (Å²) in [5.41, 5.74) is 12.7. The molecule has 3 aromatic heterocycles. The molecule has 7 heteroatoms. The lowest BCUT2D eigenvalue weighted by Crippen LogP contribution is -2.20. The molecule has 144 valence electrons. The Balaban J connectivity index is 1.85. The van der Waals surface area contributed by atoms with Crippen LogP contribution in [0.3, 0.4) is 0 Å². The van der Waals surface area contributed by atoms with Crippen molar-refractivity contribution in [1.29, 1.82) is 0 Å². The molecule has 4 heterocycles. The second kappa shape index (κ2) is 7.73. The number of pyridine rings is 1. The summed E-state index contributed by atoms with van der Waals surface area (Å²) in [6.45, 7) is 5.87. The summed E-state index contributed by atoms with van der Waals surface area (Å²) in [4.78, 5) is 9.45. The molecule has 0 aliphatic carbocycles. The molecule has 0 fully saturated rings. The van der Waals surface area contributed by atoms with Crippen LogP contribution in [-0.4, -0.2) is 32.7 Å². The predicted octanol–water partition coefficient (Wildman–Crippen LogP) is 4.14. The lowest BCUT2D eigenvalue weighted by Gasteiger charge is -2.16. The van der Waals surface area contributed by atoms with Gasteiger partial charge < -0.3 is 11.1 Å². The van der Waals surface area contributed by atoms with E-state index in [-0.39, 0.29) is 0 Å². The van der Waals surface area contributed by atoms with Gasteiger partial charge in [-0.25, -0.2) is 4.98 Å². The Morgan fingerprint density at radius 2 is 2.21 bits per heavy atom. The first-order chi connectivity index (χ1) is 13.6. The number of allylic oxidation sites excluding steroid dienone is 1. The van der Waals surface area contributed by atoms with Crippen molar-refractivity contribution in [1.82, 2.24) is 24.9 Å². The summed E-state index contributed by atoms with van der Waals surface area (Å²) >= 11 is 6.53. The number of nitrogen functional groups attached to an aromatic ring is 1. The Hall–Kier alpha value is -2.70. The van der Waals surface area contributed by atoms with E-state index in [1.54, 1.807) is 10.7 Å². The standard InChI is InChI=1S/C21H23ClN6/c1-3-4-5-17-13(2)10-15(11-25-17)16-12-26-28-20(23)18(22)19(27-21(16)28)14-6-8-24-9-7-14/h4-6,10-12,24H,3,7-9,23H2,1-2H3. The Morgan fingerprint density at radius 3 is 2.93 bits per heavy atom. The first-order valence-corrected chi connectivity index (χ1v) is 9.84. The van der Waals surface area contributed by atoms with Crippen molar-refractivity contribution in [2.75, 3.05) is 18.8 Å². The number of fused-ring (bicyclic) bond motifs is 1. The van der Waals surface area contributed by atoms with Crippen LogP contribution in [0, 0.1) is 6.92 Å². The van der Waals surface area contributed by atoms with Crippen molar-refractivity contribution in [3.8, 4) is 11.1 Å². The van der Waals surface area contributed by atoms with Gasteiger partial charge in [0.05, 0.1) is 17.6 Å². The molecule has 1 aliphatic rings. The number of nitrogens with one attached hydrogen (secondary N) is 1. The van der Waals surface area contributed by atoms with Gasteiger partial charge in [0.15, 0.2) is 5.65 Å². The smallest absolute Gasteiger partial charge is 0.165 e. The van der Waals surface area contributed by atoms with Gasteiger partial charge in [0, 0.05) is 23.9 Å². The number of aromatic nitrogens is 4. The summed E-state index contributed by atoms with van der Waals surface area (Å²) in [5.74, 6) is 0.402. The zero-order chi connectivity index (χ0) is 19.7. The van der Waals surface area contributed by atoms with E-state index in [9.17, 15) is 0 Å². The van der Waals surface area contributed by atoms with E-state index >= 15 is 0 Å². The largest absolute Gasteiger partial charge is 0.382 e. The number of anilines is 1. The van der Waals surface area contributed by atoms with Crippen LogP contribution >= 0.6 is 11.6 Å².